The molecule has 0 aromatic carbocycles. The van der Waals surface area contributed by atoms with Gasteiger partial charge >= 0.3 is 0 Å². The Morgan fingerprint density at radius 3 is 2.93 bits per heavy atom. The number of pyridine rings is 1. The summed E-state index contributed by atoms with van der Waals surface area (Å²) in [7, 11) is 0. The van der Waals surface area contributed by atoms with Gasteiger partial charge in [0.25, 0.3) is 0 Å². The molecule has 1 aromatic rings. The number of aromatic nitrogens is 1. The number of rotatable bonds is 3. The highest BCUT2D eigenvalue weighted by Gasteiger charge is 1.96. The number of anilines is 1. The summed E-state index contributed by atoms with van der Waals surface area (Å²) in [6, 6.07) is 5.61. The van der Waals surface area contributed by atoms with Gasteiger partial charge in [-0.15, -0.1) is 0 Å². The van der Waals surface area contributed by atoms with Crippen LogP contribution in [-0.4, -0.2) is 16.6 Å². The van der Waals surface area contributed by atoms with E-state index in [-0.39, 0.29) is 0 Å². The van der Waals surface area contributed by atoms with Crippen LogP contribution in [0.1, 0.15) is 6.92 Å². The minimum Gasteiger partial charge on any atom is -0.359 e. The molecule has 4 heteroatoms. The Bertz CT molecular complexity index is 321. The number of thiocarbonyl (C=S) groups is 1. The first-order valence-corrected chi connectivity index (χ1v) is 4.69. The van der Waals surface area contributed by atoms with Crippen LogP contribution in [0.3, 0.4) is 0 Å². The van der Waals surface area contributed by atoms with Crippen molar-refractivity contribution in [2.75, 3.05) is 11.9 Å². The van der Waals surface area contributed by atoms with Crippen LogP contribution in [0.25, 0.3) is 0 Å². The lowest BCUT2D eigenvalue weighted by atomic mass is 10.3. The van der Waals surface area contributed by atoms with E-state index in [1.54, 1.807) is 6.20 Å². The van der Waals surface area contributed by atoms with Crippen LogP contribution in [0.5, 0.6) is 0 Å². The molecule has 14 heavy (non-hydrogen) atoms. The van der Waals surface area contributed by atoms with Crippen molar-refractivity contribution in [1.29, 1.82) is 0 Å². The van der Waals surface area contributed by atoms with Crippen LogP contribution in [0.4, 0.5) is 5.82 Å². The first kappa shape index (κ1) is 10.7. The van der Waals surface area contributed by atoms with E-state index in [0.29, 0.717) is 11.7 Å². The van der Waals surface area contributed by atoms with Gasteiger partial charge in [-0.25, -0.2) is 4.98 Å². The highest BCUT2D eigenvalue weighted by Crippen LogP contribution is 1.98. The highest BCUT2D eigenvalue weighted by molar-refractivity contribution is 7.80. The minimum absolute atomic E-state index is 0.562. The Hall–Kier alpha value is -1.42. The van der Waals surface area contributed by atoms with Gasteiger partial charge in [-0.2, -0.15) is 0 Å². The summed E-state index contributed by atoms with van der Waals surface area (Å²) in [4.78, 5) is 4.08. The molecule has 74 valence electrons. The third-order valence-electron chi connectivity index (χ3n) is 1.46. The second-order valence-corrected chi connectivity index (χ2v) is 3.39. The van der Waals surface area contributed by atoms with E-state index >= 15 is 0 Å². The maximum atomic E-state index is 5.05. The van der Waals surface area contributed by atoms with Crippen molar-refractivity contribution in [2.24, 2.45) is 0 Å². The average Bonchev–Trinajstić information content (AvgIpc) is 2.16. The molecule has 0 aliphatic rings. The van der Waals surface area contributed by atoms with Crippen LogP contribution < -0.4 is 10.6 Å². The molecule has 1 rings (SSSR count). The lowest BCUT2D eigenvalue weighted by molar-refractivity contribution is 0.998. The lowest BCUT2D eigenvalue weighted by Gasteiger charge is -2.08. The minimum atomic E-state index is 0.562. The number of hydrogen-bond acceptors (Lipinski definition) is 2. The fraction of sp³-hybridized carbons (Fsp3) is 0.200. The zero-order valence-corrected chi connectivity index (χ0v) is 8.90. The second-order valence-electron chi connectivity index (χ2n) is 2.98. The Balaban J connectivity index is 2.38. The number of hydrogen-bond donors (Lipinski definition) is 2. The third-order valence-corrected chi connectivity index (χ3v) is 1.70. The summed E-state index contributed by atoms with van der Waals surface area (Å²) >= 11 is 5.05. The summed E-state index contributed by atoms with van der Waals surface area (Å²) < 4.78 is 0. The maximum absolute atomic E-state index is 5.05. The molecule has 1 heterocycles. The van der Waals surface area contributed by atoms with Crippen molar-refractivity contribution in [1.82, 2.24) is 10.3 Å². The first-order chi connectivity index (χ1) is 6.68. The lowest BCUT2D eigenvalue weighted by Crippen LogP contribution is -2.29. The quantitative estimate of drug-likeness (QED) is 0.587. The maximum Gasteiger partial charge on any atom is 0.172 e. The van der Waals surface area contributed by atoms with E-state index < -0.39 is 0 Å². The van der Waals surface area contributed by atoms with Gasteiger partial charge in [-0.3, -0.25) is 0 Å². The SMILES string of the molecule is C=C(C)CNC(=S)Nc1ccccn1. The summed E-state index contributed by atoms with van der Waals surface area (Å²) in [6.45, 7) is 6.39. The van der Waals surface area contributed by atoms with Gasteiger partial charge in [-0.05, 0) is 31.3 Å². The van der Waals surface area contributed by atoms with Crippen LogP contribution in [0, 0.1) is 0 Å². The normalized spacial score (nSPS) is 9.21. The van der Waals surface area contributed by atoms with E-state index in [0.717, 1.165) is 11.4 Å². The van der Waals surface area contributed by atoms with Gasteiger partial charge in [0, 0.05) is 12.7 Å². The van der Waals surface area contributed by atoms with E-state index in [1.165, 1.54) is 0 Å². The number of nitrogens with zero attached hydrogens (tertiary/aromatic N) is 1. The summed E-state index contributed by atoms with van der Waals surface area (Å²) in [5.41, 5.74) is 1.04. The summed E-state index contributed by atoms with van der Waals surface area (Å²) in [5.74, 6) is 0.742. The monoisotopic (exact) mass is 207 g/mol. The Morgan fingerprint density at radius 2 is 2.36 bits per heavy atom. The fourth-order valence-corrected chi connectivity index (χ4v) is 1.01. The van der Waals surface area contributed by atoms with Gasteiger partial charge < -0.3 is 10.6 Å². The molecule has 1 aromatic heterocycles. The molecule has 0 saturated carbocycles. The van der Waals surface area contributed by atoms with Crippen molar-refractivity contribution in [3.8, 4) is 0 Å². The van der Waals surface area contributed by atoms with Crippen LogP contribution in [0.15, 0.2) is 36.5 Å². The molecule has 0 atom stereocenters. The molecule has 0 radical (unpaired) electrons. The average molecular weight is 207 g/mol. The molecule has 0 saturated heterocycles. The molecule has 0 aliphatic heterocycles. The third kappa shape index (κ3) is 4.00. The van der Waals surface area contributed by atoms with Crippen LogP contribution >= 0.6 is 12.2 Å². The van der Waals surface area contributed by atoms with Gasteiger partial charge in [0.15, 0.2) is 5.11 Å². The van der Waals surface area contributed by atoms with E-state index in [2.05, 4.69) is 22.2 Å². The van der Waals surface area contributed by atoms with Crippen molar-refractivity contribution >= 4 is 23.1 Å². The molecule has 2 N–H and O–H groups in total. The van der Waals surface area contributed by atoms with E-state index in [1.807, 2.05) is 25.1 Å². The topological polar surface area (TPSA) is 37.0 Å². The Labute approximate surface area is 89.2 Å². The standard InChI is InChI=1S/C10H13N3S/c1-8(2)7-12-10(14)13-9-5-3-4-6-11-9/h3-6H,1,7H2,2H3,(H2,11,12,13,14). The largest absolute Gasteiger partial charge is 0.359 e. The van der Waals surface area contributed by atoms with E-state index in [9.17, 15) is 0 Å². The predicted molar refractivity (Wildman–Crippen MR) is 63.3 cm³/mol. The van der Waals surface area contributed by atoms with Crippen molar-refractivity contribution in [2.45, 2.75) is 6.92 Å². The summed E-state index contributed by atoms with van der Waals surface area (Å²) in [6.07, 6.45) is 1.71. The summed E-state index contributed by atoms with van der Waals surface area (Å²) in [5, 5.41) is 6.54. The molecule has 0 spiro atoms. The highest BCUT2D eigenvalue weighted by atomic mass is 32.1. The molecule has 0 amide bonds. The van der Waals surface area contributed by atoms with Crippen LogP contribution in [0.2, 0.25) is 0 Å². The first-order valence-electron chi connectivity index (χ1n) is 4.29. The molecule has 3 nitrogen and oxygen atoms in total. The zero-order chi connectivity index (χ0) is 10.4. The molecule has 0 aliphatic carbocycles. The molecular weight excluding hydrogens is 194 g/mol. The molecule has 0 unspecified atom stereocenters. The second kappa shape index (κ2) is 5.34. The Kier molecular flexibility index (Phi) is 4.07. The molecule has 0 bridgehead atoms. The van der Waals surface area contributed by atoms with E-state index in [4.69, 9.17) is 12.2 Å². The molecular formula is C10H13N3S. The van der Waals surface area contributed by atoms with Gasteiger partial charge in [0.05, 0.1) is 0 Å². The van der Waals surface area contributed by atoms with Crippen molar-refractivity contribution in [3.63, 3.8) is 0 Å². The predicted octanol–water partition coefficient (Wildman–Crippen LogP) is 1.94. The van der Waals surface area contributed by atoms with Gasteiger partial charge in [0.2, 0.25) is 0 Å². The van der Waals surface area contributed by atoms with Crippen molar-refractivity contribution in [3.05, 3.63) is 36.5 Å². The van der Waals surface area contributed by atoms with Gasteiger partial charge in [-0.1, -0.05) is 18.2 Å². The van der Waals surface area contributed by atoms with Gasteiger partial charge in [0.1, 0.15) is 5.82 Å². The smallest absolute Gasteiger partial charge is 0.172 e. The van der Waals surface area contributed by atoms with Crippen LogP contribution in [-0.2, 0) is 0 Å². The number of nitrogens with one attached hydrogen (secondary N) is 2. The Morgan fingerprint density at radius 1 is 1.57 bits per heavy atom. The fourth-order valence-electron chi connectivity index (χ4n) is 0.828. The van der Waals surface area contributed by atoms with Crippen molar-refractivity contribution < 1.29 is 0 Å². The zero-order valence-electron chi connectivity index (χ0n) is 8.08. The molecule has 0 fully saturated rings.